The summed E-state index contributed by atoms with van der Waals surface area (Å²) in [5, 5.41) is 2.94. The lowest BCUT2D eigenvalue weighted by atomic mass is 9.89. The quantitative estimate of drug-likeness (QED) is 0.841. The van der Waals surface area contributed by atoms with Crippen LogP contribution in [-0.4, -0.2) is 34.8 Å². The second-order valence-electron chi connectivity index (χ2n) is 7.98. The third-order valence-electron chi connectivity index (χ3n) is 5.80. The van der Waals surface area contributed by atoms with E-state index in [1.54, 1.807) is 12.4 Å². The Balaban J connectivity index is 1.24. The first-order valence-electron chi connectivity index (χ1n) is 10.2. The van der Waals surface area contributed by atoms with Gasteiger partial charge >= 0.3 is 0 Å². The smallest absolute Gasteiger partial charge is 0.251 e. The van der Waals surface area contributed by atoms with E-state index in [1.165, 1.54) is 5.56 Å². The fourth-order valence-electron chi connectivity index (χ4n) is 3.86. The van der Waals surface area contributed by atoms with Crippen molar-refractivity contribution in [2.24, 2.45) is 11.8 Å². The molecule has 1 aliphatic carbocycles. The molecule has 1 aromatic heterocycles. The van der Waals surface area contributed by atoms with Crippen LogP contribution in [0, 0.1) is 11.8 Å². The van der Waals surface area contributed by atoms with Gasteiger partial charge in [-0.15, -0.1) is 0 Å². The van der Waals surface area contributed by atoms with Gasteiger partial charge in [0.25, 0.3) is 5.91 Å². The van der Waals surface area contributed by atoms with Crippen LogP contribution in [0.5, 0.6) is 0 Å². The van der Waals surface area contributed by atoms with E-state index in [4.69, 9.17) is 0 Å². The zero-order valence-corrected chi connectivity index (χ0v) is 16.1. The Morgan fingerprint density at radius 3 is 2.25 bits per heavy atom. The number of carbonyl (C=O) groups excluding carboxylic acids is 2. The summed E-state index contributed by atoms with van der Waals surface area (Å²) in [7, 11) is 0. The standard InChI is InChI=1S/C23H27N3O2/c27-22(25-16-19-7-11-24-12-8-19)20-3-1-17(2-4-20)15-18-9-13-26(14-10-18)23(28)21-5-6-21/h1-4,7-8,11-12,18,21H,5-6,9-10,13-16H2,(H,25,27). The molecular formula is C23H27N3O2. The molecule has 1 saturated carbocycles. The van der Waals surface area contributed by atoms with Gasteiger partial charge in [-0.2, -0.15) is 0 Å². The monoisotopic (exact) mass is 377 g/mol. The summed E-state index contributed by atoms with van der Waals surface area (Å²) >= 11 is 0. The van der Waals surface area contributed by atoms with E-state index in [1.807, 2.05) is 24.3 Å². The second-order valence-corrected chi connectivity index (χ2v) is 7.98. The van der Waals surface area contributed by atoms with Crippen molar-refractivity contribution in [1.29, 1.82) is 0 Å². The van der Waals surface area contributed by atoms with Crippen LogP contribution in [-0.2, 0) is 17.8 Å². The van der Waals surface area contributed by atoms with Gasteiger partial charge in [0, 0.05) is 43.5 Å². The number of hydrogen-bond acceptors (Lipinski definition) is 3. The molecule has 1 aliphatic heterocycles. The molecule has 0 unspecified atom stereocenters. The number of amides is 2. The van der Waals surface area contributed by atoms with Crippen molar-refractivity contribution in [2.45, 2.75) is 38.6 Å². The minimum Gasteiger partial charge on any atom is -0.348 e. The van der Waals surface area contributed by atoms with Crippen molar-refractivity contribution < 1.29 is 9.59 Å². The molecule has 1 N–H and O–H groups in total. The topological polar surface area (TPSA) is 62.3 Å². The normalized spacial score (nSPS) is 17.4. The van der Waals surface area contributed by atoms with Crippen LogP contribution in [0.1, 0.15) is 47.2 Å². The van der Waals surface area contributed by atoms with Crippen LogP contribution in [0.2, 0.25) is 0 Å². The number of nitrogens with zero attached hydrogens (tertiary/aromatic N) is 2. The van der Waals surface area contributed by atoms with Gasteiger partial charge < -0.3 is 10.2 Å². The maximum absolute atomic E-state index is 12.3. The summed E-state index contributed by atoms with van der Waals surface area (Å²) in [6, 6.07) is 11.7. The first-order chi connectivity index (χ1) is 13.7. The van der Waals surface area contributed by atoms with Gasteiger partial charge in [0.1, 0.15) is 0 Å². The van der Waals surface area contributed by atoms with Crippen molar-refractivity contribution in [3.05, 3.63) is 65.5 Å². The highest BCUT2D eigenvalue weighted by Gasteiger charge is 2.34. The maximum atomic E-state index is 12.3. The van der Waals surface area contributed by atoms with E-state index in [0.717, 1.165) is 50.8 Å². The summed E-state index contributed by atoms with van der Waals surface area (Å²) in [5.41, 5.74) is 2.98. The molecule has 2 heterocycles. The Kier molecular flexibility index (Phi) is 5.70. The molecule has 1 aromatic carbocycles. The number of carbonyl (C=O) groups is 2. The highest BCUT2D eigenvalue weighted by molar-refractivity contribution is 5.94. The minimum absolute atomic E-state index is 0.0599. The average molecular weight is 377 g/mol. The third-order valence-corrected chi connectivity index (χ3v) is 5.80. The Morgan fingerprint density at radius 2 is 1.61 bits per heavy atom. The fraction of sp³-hybridized carbons (Fsp3) is 0.435. The third kappa shape index (κ3) is 4.77. The van der Waals surface area contributed by atoms with Crippen molar-refractivity contribution >= 4 is 11.8 Å². The van der Waals surface area contributed by atoms with Crippen LogP contribution >= 0.6 is 0 Å². The Hall–Kier alpha value is -2.69. The zero-order valence-electron chi connectivity index (χ0n) is 16.1. The Morgan fingerprint density at radius 1 is 0.929 bits per heavy atom. The largest absolute Gasteiger partial charge is 0.348 e. The van der Waals surface area contributed by atoms with Crippen molar-refractivity contribution in [3.8, 4) is 0 Å². The number of piperidine rings is 1. The second kappa shape index (κ2) is 8.55. The van der Waals surface area contributed by atoms with Crippen LogP contribution in [0.25, 0.3) is 0 Å². The number of nitrogens with one attached hydrogen (secondary N) is 1. The van der Waals surface area contributed by atoms with Gasteiger partial charge in [-0.25, -0.2) is 0 Å². The number of pyridine rings is 1. The lowest BCUT2D eigenvalue weighted by molar-refractivity contribution is -0.133. The number of aromatic nitrogens is 1. The predicted molar refractivity (Wildman–Crippen MR) is 108 cm³/mol. The number of benzene rings is 1. The molecule has 2 amide bonds. The Labute approximate surface area is 166 Å². The summed E-state index contributed by atoms with van der Waals surface area (Å²) < 4.78 is 0. The minimum atomic E-state index is -0.0599. The maximum Gasteiger partial charge on any atom is 0.251 e. The Bertz CT molecular complexity index is 808. The zero-order chi connectivity index (χ0) is 19.3. The SMILES string of the molecule is O=C(NCc1ccncc1)c1ccc(CC2CCN(C(=O)C3CC3)CC2)cc1. The molecular weight excluding hydrogens is 350 g/mol. The first kappa shape index (κ1) is 18.7. The average Bonchev–Trinajstić information content (AvgIpc) is 3.59. The summed E-state index contributed by atoms with van der Waals surface area (Å²) in [6.07, 6.45) is 8.79. The van der Waals surface area contributed by atoms with Crippen LogP contribution < -0.4 is 5.32 Å². The highest BCUT2D eigenvalue weighted by atomic mass is 16.2. The molecule has 146 valence electrons. The van der Waals surface area contributed by atoms with Crippen molar-refractivity contribution in [2.75, 3.05) is 13.1 Å². The van der Waals surface area contributed by atoms with E-state index >= 15 is 0 Å². The van der Waals surface area contributed by atoms with E-state index in [-0.39, 0.29) is 5.91 Å². The van der Waals surface area contributed by atoms with Gasteiger partial charge in [-0.1, -0.05) is 12.1 Å². The predicted octanol–water partition coefficient (Wildman–Crippen LogP) is 3.20. The molecule has 5 nitrogen and oxygen atoms in total. The summed E-state index contributed by atoms with van der Waals surface area (Å²) in [4.78, 5) is 30.5. The van der Waals surface area contributed by atoms with E-state index in [2.05, 4.69) is 27.3 Å². The molecule has 0 radical (unpaired) electrons. The van der Waals surface area contributed by atoms with Crippen molar-refractivity contribution in [3.63, 3.8) is 0 Å². The van der Waals surface area contributed by atoms with E-state index < -0.39 is 0 Å². The molecule has 5 heteroatoms. The van der Waals surface area contributed by atoms with Gasteiger partial charge in [-0.05, 0) is 73.4 Å². The number of likely N-dealkylation sites (tertiary alicyclic amines) is 1. The molecule has 28 heavy (non-hydrogen) atoms. The molecule has 2 aliphatic rings. The molecule has 0 spiro atoms. The molecule has 0 bridgehead atoms. The van der Waals surface area contributed by atoms with Gasteiger partial charge in [0.05, 0.1) is 0 Å². The molecule has 2 aromatic rings. The fourth-order valence-corrected chi connectivity index (χ4v) is 3.86. The first-order valence-corrected chi connectivity index (χ1v) is 10.2. The molecule has 4 rings (SSSR count). The lowest BCUT2D eigenvalue weighted by Crippen LogP contribution is -2.39. The van der Waals surface area contributed by atoms with Crippen LogP contribution in [0.4, 0.5) is 0 Å². The molecule has 1 saturated heterocycles. The number of rotatable bonds is 6. The summed E-state index contributed by atoms with van der Waals surface area (Å²) in [5.74, 6) is 1.26. The highest BCUT2D eigenvalue weighted by Crippen LogP contribution is 2.32. The van der Waals surface area contributed by atoms with Crippen LogP contribution in [0.15, 0.2) is 48.8 Å². The van der Waals surface area contributed by atoms with Gasteiger partial charge in [-0.3, -0.25) is 14.6 Å². The summed E-state index contributed by atoms with van der Waals surface area (Å²) in [6.45, 7) is 2.30. The van der Waals surface area contributed by atoms with E-state index in [9.17, 15) is 9.59 Å². The molecule has 2 fully saturated rings. The van der Waals surface area contributed by atoms with Crippen molar-refractivity contribution in [1.82, 2.24) is 15.2 Å². The van der Waals surface area contributed by atoms with E-state index in [0.29, 0.717) is 29.9 Å². The van der Waals surface area contributed by atoms with Crippen LogP contribution in [0.3, 0.4) is 0 Å². The lowest BCUT2D eigenvalue weighted by Gasteiger charge is -2.32. The molecule has 0 atom stereocenters. The van der Waals surface area contributed by atoms with Gasteiger partial charge in [0.2, 0.25) is 5.91 Å². The van der Waals surface area contributed by atoms with Gasteiger partial charge in [0.15, 0.2) is 0 Å². The number of hydrogen-bond donors (Lipinski definition) is 1.